The summed E-state index contributed by atoms with van der Waals surface area (Å²) in [4.78, 5) is 0. The lowest BCUT2D eigenvalue weighted by molar-refractivity contribution is 0.376. The molecule has 2 atom stereocenters. The van der Waals surface area contributed by atoms with Gasteiger partial charge in [0.15, 0.2) is 0 Å². The van der Waals surface area contributed by atoms with Crippen molar-refractivity contribution in [3.8, 4) is 0 Å². The average molecular weight is 306 g/mol. The van der Waals surface area contributed by atoms with Gasteiger partial charge in [-0.3, -0.25) is 0 Å². The van der Waals surface area contributed by atoms with Crippen LogP contribution in [0.3, 0.4) is 0 Å². The summed E-state index contributed by atoms with van der Waals surface area (Å²) in [6.45, 7) is 0. The van der Waals surface area contributed by atoms with E-state index >= 15 is 0 Å². The smallest absolute Gasteiger partial charge is 0.0452 e. The molecule has 2 unspecified atom stereocenters. The van der Waals surface area contributed by atoms with Gasteiger partial charge in [0.05, 0.1) is 0 Å². The number of fused-ring (bicyclic) bond motifs is 1. The molecule has 0 bridgehead atoms. The minimum Gasteiger partial charge on any atom is -0.324 e. The van der Waals surface area contributed by atoms with E-state index in [1.165, 1.54) is 11.1 Å². The van der Waals surface area contributed by atoms with Crippen LogP contribution >= 0.6 is 23.2 Å². The Labute approximate surface area is 129 Å². The lowest BCUT2D eigenvalue weighted by atomic mass is 9.77. The number of halogens is 2. The van der Waals surface area contributed by atoms with Gasteiger partial charge in [0.1, 0.15) is 0 Å². The summed E-state index contributed by atoms with van der Waals surface area (Å²) < 4.78 is 0. The maximum Gasteiger partial charge on any atom is 0.0452 e. The Kier molecular flexibility index (Phi) is 4.02. The number of hydrogen-bond donors (Lipinski definition) is 1. The number of hydrogen-bond acceptors (Lipinski definition) is 1. The van der Waals surface area contributed by atoms with E-state index in [0.29, 0.717) is 10.9 Å². The minimum absolute atomic E-state index is 0.0895. The Balaban J connectivity index is 1.83. The van der Waals surface area contributed by atoms with Crippen LogP contribution in [0, 0.1) is 5.92 Å². The van der Waals surface area contributed by atoms with Crippen molar-refractivity contribution in [3.05, 3.63) is 69.2 Å². The first-order valence-electron chi connectivity index (χ1n) is 6.92. The topological polar surface area (TPSA) is 26.0 Å². The third-order valence-corrected chi connectivity index (χ3v) is 4.79. The van der Waals surface area contributed by atoms with Gasteiger partial charge in [0, 0.05) is 16.1 Å². The lowest BCUT2D eigenvalue weighted by Crippen LogP contribution is -2.28. The van der Waals surface area contributed by atoms with Crippen LogP contribution < -0.4 is 5.73 Å². The molecule has 1 aliphatic rings. The van der Waals surface area contributed by atoms with Gasteiger partial charge in [0.25, 0.3) is 0 Å². The molecule has 0 fully saturated rings. The zero-order valence-electron chi connectivity index (χ0n) is 11.2. The molecule has 20 heavy (non-hydrogen) atoms. The first-order chi connectivity index (χ1) is 9.65. The molecule has 0 aliphatic heterocycles. The van der Waals surface area contributed by atoms with Gasteiger partial charge in [-0.2, -0.15) is 0 Å². The van der Waals surface area contributed by atoms with Gasteiger partial charge >= 0.3 is 0 Å². The molecular weight excluding hydrogens is 289 g/mol. The van der Waals surface area contributed by atoms with Crippen LogP contribution in [0.25, 0.3) is 0 Å². The van der Waals surface area contributed by atoms with E-state index < -0.39 is 0 Å². The van der Waals surface area contributed by atoms with Crippen molar-refractivity contribution in [2.24, 2.45) is 11.7 Å². The maximum absolute atomic E-state index is 6.45. The zero-order valence-corrected chi connectivity index (χ0v) is 12.7. The van der Waals surface area contributed by atoms with E-state index in [2.05, 4.69) is 24.3 Å². The molecule has 104 valence electrons. The highest BCUT2D eigenvalue weighted by atomic mass is 35.5. The standard InChI is InChI=1S/C17H17Cl2N/c18-14-8-7-12(16(19)10-14)9-13-6-5-11-3-1-2-4-15(11)17(13)20/h1-4,7-8,10,13,17H,5-6,9,20H2. The Morgan fingerprint density at radius 2 is 1.90 bits per heavy atom. The van der Waals surface area contributed by atoms with Crippen LogP contribution in [-0.4, -0.2) is 0 Å². The molecule has 2 N–H and O–H groups in total. The molecule has 0 heterocycles. The van der Waals surface area contributed by atoms with Gasteiger partial charge in [-0.15, -0.1) is 0 Å². The van der Waals surface area contributed by atoms with E-state index in [1.54, 1.807) is 6.07 Å². The molecule has 0 amide bonds. The quantitative estimate of drug-likeness (QED) is 0.847. The molecule has 2 aromatic carbocycles. The van der Waals surface area contributed by atoms with Gasteiger partial charge in [-0.25, -0.2) is 0 Å². The maximum atomic E-state index is 6.45. The summed E-state index contributed by atoms with van der Waals surface area (Å²) in [7, 11) is 0. The third-order valence-electron chi connectivity index (χ3n) is 4.20. The van der Waals surface area contributed by atoms with Crippen LogP contribution in [0.15, 0.2) is 42.5 Å². The first kappa shape index (κ1) is 13.9. The van der Waals surface area contributed by atoms with E-state index in [1.807, 2.05) is 12.1 Å². The van der Waals surface area contributed by atoms with E-state index in [9.17, 15) is 0 Å². The first-order valence-corrected chi connectivity index (χ1v) is 7.68. The van der Waals surface area contributed by atoms with Crippen LogP contribution in [0.2, 0.25) is 10.0 Å². The predicted octanol–water partition coefficient (Wildman–Crippen LogP) is 4.80. The van der Waals surface area contributed by atoms with Crippen LogP contribution in [0.4, 0.5) is 0 Å². The third kappa shape index (κ3) is 2.71. The van der Waals surface area contributed by atoms with Crippen LogP contribution in [0.5, 0.6) is 0 Å². The second-order valence-corrected chi connectivity index (χ2v) is 6.31. The Morgan fingerprint density at radius 3 is 2.70 bits per heavy atom. The van der Waals surface area contributed by atoms with E-state index in [-0.39, 0.29) is 6.04 Å². The summed E-state index contributed by atoms with van der Waals surface area (Å²) in [6.07, 6.45) is 3.11. The van der Waals surface area contributed by atoms with E-state index in [4.69, 9.17) is 28.9 Å². The van der Waals surface area contributed by atoms with Crippen LogP contribution in [-0.2, 0) is 12.8 Å². The molecule has 0 radical (unpaired) electrons. The lowest BCUT2D eigenvalue weighted by Gasteiger charge is -2.31. The summed E-state index contributed by atoms with van der Waals surface area (Å²) in [5.74, 6) is 0.434. The molecule has 0 aromatic heterocycles. The van der Waals surface area contributed by atoms with Crippen molar-refractivity contribution in [1.29, 1.82) is 0 Å². The number of aryl methyl sites for hydroxylation is 1. The summed E-state index contributed by atoms with van der Waals surface area (Å²) in [6, 6.07) is 14.3. The number of rotatable bonds is 2. The largest absolute Gasteiger partial charge is 0.324 e. The fraction of sp³-hybridized carbons (Fsp3) is 0.294. The SMILES string of the molecule is NC1c2ccccc2CCC1Cc1ccc(Cl)cc1Cl. The molecule has 3 rings (SSSR count). The molecule has 0 spiro atoms. The summed E-state index contributed by atoms with van der Waals surface area (Å²) in [5.41, 5.74) is 10.3. The second kappa shape index (κ2) is 5.77. The fourth-order valence-electron chi connectivity index (χ4n) is 3.06. The van der Waals surface area contributed by atoms with Crippen molar-refractivity contribution in [1.82, 2.24) is 0 Å². The Morgan fingerprint density at radius 1 is 1.10 bits per heavy atom. The summed E-state index contributed by atoms with van der Waals surface area (Å²) >= 11 is 12.2. The van der Waals surface area contributed by atoms with Gasteiger partial charge in [-0.1, -0.05) is 53.5 Å². The average Bonchev–Trinajstić information content (AvgIpc) is 2.45. The molecule has 0 saturated carbocycles. The van der Waals surface area contributed by atoms with Crippen molar-refractivity contribution < 1.29 is 0 Å². The highest BCUT2D eigenvalue weighted by Gasteiger charge is 2.26. The Hall–Kier alpha value is -1.02. The van der Waals surface area contributed by atoms with Crippen LogP contribution in [0.1, 0.15) is 29.2 Å². The summed E-state index contributed by atoms with van der Waals surface area (Å²) in [5, 5.41) is 1.42. The van der Waals surface area contributed by atoms with Crippen molar-refractivity contribution >= 4 is 23.2 Å². The van der Waals surface area contributed by atoms with Gasteiger partial charge in [0.2, 0.25) is 0 Å². The fourth-order valence-corrected chi connectivity index (χ4v) is 3.55. The second-order valence-electron chi connectivity index (χ2n) is 5.46. The molecule has 3 heteroatoms. The predicted molar refractivity (Wildman–Crippen MR) is 85.3 cm³/mol. The molecular formula is C17H17Cl2N. The molecule has 2 aromatic rings. The van der Waals surface area contributed by atoms with Gasteiger partial charge in [-0.05, 0) is 54.0 Å². The molecule has 1 nitrogen and oxygen atoms in total. The van der Waals surface area contributed by atoms with Crippen molar-refractivity contribution in [2.75, 3.05) is 0 Å². The minimum atomic E-state index is 0.0895. The molecule has 0 saturated heterocycles. The zero-order chi connectivity index (χ0) is 14.1. The number of nitrogens with two attached hydrogens (primary N) is 1. The normalized spacial score (nSPS) is 21.6. The van der Waals surface area contributed by atoms with E-state index in [0.717, 1.165) is 29.8 Å². The van der Waals surface area contributed by atoms with Crippen molar-refractivity contribution in [2.45, 2.75) is 25.3 Å². The van der Waals surface area contributed by atoms with Crippen molar-refractivity contribution in [3.63, 3.8) is 0 Å². The van der Waals surface area contributed by atoms with Gasteiger partial charge < -0.3 is 5.73 Å². The highest BCUT2D eigenvalue weighted by molar-refractivity contribution is 6.35. The number of benzene rings is 2. The Bertz CT molecular complexity index is 624. The highest BCUT2D eigenvalue weighted by Crippen LogP contribution is 2.36. The monoisotopic (exact) mass is 305 g/mol. The molecule has 1 aliphatic carbocycles.